The van der Waals surface area contributed by atoms with Gasteiger partial charge in [0.1, 0.15) is 0 Å². The molecule has 4 heteroatoms. The quantitative estimate of drug-likeness (QED) is 0.295. The van der Waals surface area contributed by atoms with Crippen LogP contribution < -0.4 is 37.2 Å². The summed E-state index contributed by atoms with van der Waals surface area (Å²) in [4.78, 5) is 0. The Morgan fingerprint density at radius 2 is 1.64 bits per heavy atom. The number of rotatable bonds is 0. The predicted octanol–water partition coefficient (Wildman–Crippen LogP) is -6.90. The van der Waals surface area contributed by atoms with Crippen molar-refractivity contribution < 1.29 is 58.9 Å². The van der Waals surface area contributed by atoms with Gasteiger partial charge in [0.15, 0.2) is 0 Å². The molecule has 0 N–H and O–H groups in total. The summed E-state index contributed by atoms with van der Waals surface area (Å²) in [5, 5.41) is 0. The first-order valence-corrected chi connectivity index (χ1v) is 2.55. The molecule has 0 amide bonds. The van der Waals surface area contributed by atoms with E-state index in [-0.39, 0.29) is 58.9 Å². The molecule has 0 aromatic carbocycles. The molecule has 0 bridgehead atoms. The van der Waals surface area contributed by atoms with Gasteiger partial charge in [0.25, 0.3) is 0 Å². The van der Waals surface area contributed by atoms with Gasteiger partial charge in [0.2, 0.25) is 0 Å². The molecule has 0 fully saturated rings. The second-order valence-electron chi connectivity index (χ2n) is 2.00. The zero-order chi connectivity index (χ0) is 5.28. The molecule has 0 radical (unpaired) electrons. The minimum atomic E-state index is 0. The average Bonchev–Trinajstić information content (AvgIpc) is 1.87. The second kappa shape index (κ2) is 11.1. The molecule has 1 aliphatic rings. The Bertz CT molecular complexity index is 141. The molecular formula is C7H9Cl3Ti. The van der Waals surface area contributed by atoms with E-state index in [1.54, 1.807) is 0 Å². The molecule has 0 heterocycles. The molecule has 0 aliphatic heterocycles. The summed E-state index contributed by atoms with van der Waals surface area (Å²) in [5.74, 6) is 0. The van der Waals surface area contributed by atoms with E-state index < -0.39 is 0 Å². The number of hydrogen-bond acceptors (Lipinski definition) is 0. The Hall–Kier alpha value is 1.06. The van der Waals surface area contributed by atoms with E-state index in [2.05, 4.69) is 26.0 Å². The van der Waals surface area contributed by atoms with Crippen molar-refractivity contribution >= 4 is 0 Å². The van der Waals surface area contributed by atoms with Crippen LogP contribution in [0.5, 0.6) is 0 Å². The Morgan fingerprint density at radius 1 is 1.18 bits per heavy atom. The van der Waals surface area contributed by atoms with Crippen molar-refractivity contribution in [3.05, 3.63) is 23.3 Å². The van der Waals surface area contributed by atoms with Crippen LogP contribution in [-0.4, -0.2) is 0 Å². The van der Waals surface area contributed by atoms with Gasteiger partial charge in [0.05, 0.1) is 0 Å². The van der Waals surface area contributed by atoms with Crippen LogP contribution >= 0.6 is 0 Å². The summed E-state index contributed by atoms with van der Waals surface area (Å²) in [6, 6.07) is 0. The van der Waals surface area contributed by atoms with Crippen LogP contribution in [0.15, 0.2) is 17.2 Å². The van der Waals surface area contributed by atoms with Crippen LogP contribution in [0, 0.1) is 6.08 Å². The zero-order valence-electron chi connectivity index (χ0n) is 6.42. The van der Waals surface area contributed by atoms with E-state index in [1.807, 2.05) is 0 Å². The maximum Gasteiger partial charge on any atom is 4.00 e. The predicted molar refractivity (Wildman–Crippen MR) is 30.8 cm³/mol. The minimum Gasteiger partial charge on any atom is -1.00 e. The first-order chi connectivity index (χ1) is 3.29. The van der Waals surface area contributed by atoms with E-state index in [0.29, 0.717) is 0 Å². The van der Waals surface area contributed by atoms with Gasteiger partial charge in [-0.3, -0.25) is 6.08 Å². The Kier molecular flexibility index (Phi) is 22.8. The molecule has 0 aromatic heterocycles. The third-order valence-electron chi connectivity index (χ3n) is 1.12. The van der Waals surface area contributed by atoms with Crippen LogP contribution in [0.2, 0.25) is 0 Å². The molecule has 0 aromatic rings. The fourth-order valence-electron chi connectivity index (χ4n) is 0.745. The van der Waals surface area contributed by atoms with Crippen molar-refractivity contribution in [3.8, 4) is 0 Å². The summed E-state index contributed by atoms with van der Waals surface area (Å²) in [5.41, 5.74) is 2.65. The van der Waals surface area contributed by atoms with Crippen molar-refractivity contribution in [2.24, 2.45) is 0 Å². The summed E-state index contributed by atoms with van der Waals surface area (Å²) in [6.45, 7) is 4.18. The van der Waals surface area contributed by atoms with Crippen LogP contribution in [0.3, 0.4) is 0 Å². The van der Waals surface area contributed by atoms with E-state index >= 15 is 0 Å². The SMILES string of the molecule is CC1=[C-]C(C)=CC1.[Cl-].[Cl-].[Cl-].[Ti+4]. The molecular weight excluding hydrogens is 238 g/mol. The Balaban J connectivity index is -0.0000000612. The maximum absolute atomic E-state index is 3.19. The summed E-state index contributed by atoms with van der Waals surface area (Å²) >= 11 is 0. The van der Waals surface area contributed by atoms with E-state index in [0.717, 1.165) is 6.42 Å². The van der Waals surface area contributed by atoms with Gasteiger partial charge >= 0.3 is 21.7 Å². The van der Waals surface area contributed by atoms with Crippen LogP contribution in [0.1, 0.15) is 20.3 Å². The topological polar surface area (TPSA) is 0 Å². The van der Waals surface area contributed by atoms with Crippen molar-refractivity contribution in [1.82, 2.24) is 0 Å². The molecule has 0 nitrogen and oxygen atoms in total. The van der Waals surface area contributed by atoms with Gasteiger partial charge in [-0.2, -0.15) is 5.57 Å². The minimum absolute atomic E-state index is 0. The second-order valence-corrected chi connectivity index (χ2v) is 2.00. The largest absolute Gasteiger partial charge is 4.00 e. The molecule has 0 atom stereocenters. The number of allylic oxidation sites excluding steroid dienone is 4. The standard InChI is InChI=1S/C7H9.3ClH.Ti/c1-6-3-4-7(2)5-6;;;;/h3H,4H2,1-2H3;3*1H;/q-1;;;;+4/p-3. The van der Waals surface area contributed by atoms with Crippen LogP contribution in [0.25, 0.3) is 0 Å². The third-order valence-corrected chi connectivity index (χ3v) is 1.12. The van der Waals surface area contributed by atoms with Crippen molar-refractivity contribution in [2.75, 3.05) is 0 Å². The van der Waals surface area contributed by atoms with Gasteiger partial charge in [0, 0.05) is 0 Å². The monoisotopic (exact) mass is 246 g/mol. The molecule has 62 valence electrons. The van der Waals surface area contributed by atoms with Crippen molar-refractivity contribution in [2.45, 2.75) is 20.3 Å². The molecule has 0 unspecified atom stereocenters. The fourth-order valence-corrected chi connectivity index (χ4v) is 0.745. The molecule has 0 saturated heterocycles. The smallest absolute Gasteiger partial charge is 1.00 e. The van der Waals surface area contributed by atoms with Crippen LogP contribution in [0.4, 0.5) is 0 Å². The summed E-state index contributed by atoms with van der Waals surface area (Å²) in [6.07, 6.45) is 6.50. The molecule has 1 rings (SSSR count). The average molecular weight is 247 g/mol. The molecule has 0 spiro atoms. The normalized spacial score (nSPS) is 12.2. The van der Waals surface area contributed by atoms with E-state index in [9.17, 15) is 0 Å². The van der Waals surface area contributed by atoms with Crippen molar-refractivity contribution in [3.63, 3.8) is 0 Å². The molecule has 0 saturated carbocycles. The van der Waals surface area contributed by atoms with Gasteiger partial charge in [-0.15, -0.1) is 0 Å². The molecule has 1 aliphatic carbocycles. The van der Waals surface area contributed by atoms with Gasteiger partial charge in [-0.05, 0) is 0 Å². The first kappa shape index (κ1) is 22.7. The Morgan fingerprint density at radius 3 is 1.73 bits per heavy atom. The van der Waals surface area contributed by atoms with Gasteiger partial charge in [-0.25, -0.2) is 11.6 Å². The fraction of sp³-hybridized carbons (Fsp3) is 0.429. The zero-order valence-corrected chi connectivity index (χ0v) is 10.2. The third kappa shape index (κ3) is 8.97. The van der Waals surface area contributed by atoms with Gasteiger partial charge in [-0.1, -0.05) is 20.3 Å². The Labute approximate surface area is 102 Å². The van der Waals surface area contributed by atoms with Gasteiger partial charge < -0.3 is 37.2 Å². The summed E-state index contributed by atoms with van der Waals surface area (Å²) < 4.78 is 0. The van der Waals surface area contributed by atoms with Crippen molar-refractivity contribution in [1.29, 1.82) is 0 Å². The van der Waals surface area contributed by atoms with E-state index in [4.69, 9.17) is 0 Å². The number of halogens is 3. The number of hydrogen-bond donors (Lipinski definition) is 0. The maximum atomic E-state index is 3.19. The summed E-state index contributed by atoms with van der Waals surface area (Å²) in [7, 11) is 0. The van der Waals surface area contributed by atoms with Crippen LogP contribution in [-0.2, 0) is 21.7 Å². The molecule has 11 heavy (non-hydrogen) atoms. The van der Waals surface area contributed by atoms with E-state index in [1.165, 1.54) is 11.1 Å². The first-order valence-electron chi connectivity index (χ1n) is 2.55.